The van der Waals surface area contributed by atoms with Gasteiger partial charge in [-0.3, -0.25) is 0 Å². The highest BCUT2D eigenvalue weighted by Gasteiger charge is 2.10. The summed E-state index contributed by atoms with van der Waals surface area (Å²) >= 11 is 0. The maximum Gasteiger partial charge on any atom is 0.115 e. The molecule has 1 nitrogen and oxygen atoms in total. The molecule has 0 spiro atoms. The summed E-state index contributed by atoms with van der Waals surface area (Å²) in [5.74, 6) is 0.403. The molecule has 20 heavy (non-hydrogen) atoms. The van der Waals surface area contributed by atoms with E-state index in [-0.39, 0.29) is 0 Å². The number of aromatic hydroxyl groups is 1. The highest BCUT2D eigenvalue weighted by Crippen LogP contribution is 2.25. The average molecular weight is 266 g/mol. The molecular weight excluding hydrogens is 244 g/mol. The van der Waals surface area contributed by atoms with Crippen LogP contribution in [0, 0.1) is 6.92 Å². The molecule has 1 heteroatoms. The second kappa shape index (κ2) is 5.70. The number of phenolic OH excluding ortho intramolecular Hbond substituents is 1. The normalized spacial score (nSPS) is 15.2. The predicted octanol–water partition coefficient (Wildman–Crippen LogP) is 4.36. The number of rotatable bonds is 0. The van der Waals surface area contributed by atoms with E-state index in [0.717, 1.165) is 6.42 Å². The molecular formula is C19H22O. The second-order valence-electron chi connectivity index (χ2n) is 5.93. The largest absolute Gasteiger partial charge is 0.508 e. The van der Waals surface area contributed by atoms with Crippen LogP contribution in [-0.4, -0.2) is 5.11 Å². The fourth-order valence-corrected chi connectivity index (χ4v) is 3.26. The van der Waals surface area contributed by atoms with Crippen molar-refractivity contribution < 1.29 is 5.11 Å². The molecule has 1 N–H and O–H groups in total. The standard InChI is InChI=1S/C10H12.C9H10O/c1-8-5-6-9-3-2-4-10(9)7-8;10-9-5-4-7-2-1-3-8(7)6-9/h5-7H,2-4H2,1H3;4-6,10H,1-3H2. The smallest absolute Gasteiger partial charge is 0.115 e. The van der Waals surface area contributed by atoms with E-state index >= 15 is 0 Å². The van der Waals surface area contributed by atoms with Crippen LogP contribution in [0.5, 0.6) is 5.75 Å². The number of benzene rings is 2. The first-order valence-electron chi connectivity index (χ1n) is 7.61. The van der Waals surface area contributed by atoms with Crippen molar-refractivity contribution in [2.24, 2.45) is 0 Å². The lowest BCUT2D eigenvalue weighted by atomic mass is 10.1. The Balaban J connectivity index is 0.000000121. The first-order valence-corrected chi connectivity index (χ1v) is 7.61. The quantitative estimate of drug-likeness (QED) is 0.751. The molecule has 0 aliphatic heterocycles. The minimum atomic E-state index is 0.403. The topological polar surface area (TPSA) is 20.2 Å². The summed E-state index contributed by atoms with van der Waals surface area (Å²) in [5.41, 5.74) is 7.31. The van der Waals surface area contributed by atoms with Gasteiger partial charge in [0.2, 0.25) is 0 Å². The van der Waals surface area contributed by atoms with E-state index in [1.54, 1.807) is 17.2 Å². The molecule has 2 aromatic rings. The Morgan fingerprint density at radius 1 is 0.700 bits per heavy atom. The highest BCUT2D eigenvalue weighted by atomic mass is 16.3. The van der Waals surface area contributed by atoms with Gasteiger partial charge in [-0.15, -0.1) is 0 Å². The molecule has 0 fully saturated rings. The van der Waals surface area contributed by atoms with Crippen molar-refractivity contribution >= 4 is 0 Å². The molecule has 0 unspecified atom stereocenters. The van der Waals surface area contributed by atoms with Gasteiger partial charge < -0.3 is 5.11 Å². The van der Waals surface area contributed by atoms with Crippen molar-refractivity contribution in [3.8, 4) is 5.75 Å². The van der Waals surface area contributed by atoms with Gasteiger partial charge in [0.15, 0.2) is 0 Å². The van der Waals surface area contributed by atoms with Crippen molar-refractivity contribution in [3.05, 3.63) is 64.2 Å². The van der Waals surface area contributed by atoms with Gasteiger partial charge in [-0.1, -0.05) is 29.8 Å². The third-order valence-corrected chi connectivity index (χ3v) is 4.34. The van der Waals surface area contributed by atoms with Gasteiger partial charge >= 0.3 is 0 Å². The first kappa shape index (κ1) is 13.2. The van der Waals surface area contributed by atoms with E-state index in [4.69, 9.17) is 5.11 Å². The summed E-state index contributed by atoms with van der Waals surface area (Å²) in [7, 11) is 0. The average Bonchev–Trinajstić information content (AvgIpc) is 3.06. The number of phenols is 1. The van der Waals surface area contributed by atoms with Crippen molar-refractivity contribution in [3.63, 3.8) is 0 Å². The van der Waals surface area contributed by atoms with Crippen LogP contribution in [0.3, 0.4) is 0 Å². The van der Waals surface area contributed by atoms with Gasteiger partial charge in [-0.2, -0.15) is 0 Å². The first-order chi connectivity index (χ1) is 9.72. The third-order valence-electron chi connectivity index (χ3n) is 4.34. The van der Waals surface area contributed by atoms with E-state index in [2.05, 4.69) is 25.1 Å². The van der Waals surface area contributed by atoms with Crippen LogP contribution in [0.2, 0.25) is 0 Å². The molecule has 104 valence electrons. The SMILES string of the molecule is Cc1ccc2c(c1)CCC2.Oc1ccc2c(c1)CCC2. The van der Waals surface area contributed by atoms with Crippen LogP contribution < -0.4 is 0 Å². The summed E-state index contributed by atoms with van der Waals surface area (Å²) in [6.07, 6.45) is 7.55. The molecule has 0 heterocycles. The van der Waals surface area contributed by atoms with Crippen molar-refractivity contribution in [1.29, 1.82) is 0 Å². The molecule has 0 amide bonds. The van der Waals surface area contributed by atoms with Gasteiger partial charge in [0, 0.05) is 0 Å². The molecule has 2 aromatic carbocycles. The zero-order valence-corrected chi connectivity index (χ0v) is 12.2. The molecule has 0 radical (unpaired) electrons. The lowest BCUT2D eigenvalue weighted by molar-refractivity contribution is 0.474. The molecule has 0 saturated heterocycles. The molecule has 0 bridgehead atoms. The molecule has 2 aliphatic carbocycles. The second-order valence-corrected chi connectivity index (χ2v) is 5.93. The van der Waals surface area contributed by atoms with Gasteiger partial charge in [-0.05, 0) is 79.8 Å². The van der Waals surface area contributed by atoms with Crippen molar-refractivity contribution in [2.75, 3.05) is 0 Å². The van der Waals surface area contributed by atoms with Gasteiger partial charge in [0.05, 0.1) is 0 Å². The Labute approximate surface area is 121 Å². The Hall–Kier alpha value is -1.76. The van der Waals surface area contributed by atoms with Crippen LogP contribution in [0.4, 0.5) is 0 Å². The summed E-state index contributed by atoms with van der Waals surface area (Å²) < 4.78 is 0. The van der Waals surface area contributed by atoms with E-state index in [9.17, 15) is 0 Å². The lowest BCUT2D eigenvalue weighted by Gasteiger charge is -1.98. The summed E-state index contributed by atoms with van der Waals surface area (Å²) in [5, 5.41) is 9.10. The zero-order valence-electron chi connectivity index (χ0n) is 12.2. The van der Waals surface area contributed by atoms with E-state index < -0.39 is 0 Å². The monoisotopic (exact) mass is 266 g/mol. The summed E-state index contributed by atoms with van der Waals surface area (Å²) in [6, 6.07) is 12.5. The van der Waals surface area contributed by atoms with Crippen LogP contribution >= 0.6 is 0 Å². The number of hydrogen-bond donors (Lipinski definition) is 1. The number of aryl methyl sites for hydroxylation is 5. The van der Waals surface area contributed by atoms with Crippen molar-refractivity contribution in [1.82, 2.24) is 0 Å². The molecule has 0 atom stereocenters. The van der Waals surface area contributed by atoms with Crippen LogP contribution in [0.1, 0.15) is 40.7 Å². The Morgan fingerprint density at radius 2 is 1.25 bits per heavy atom. The lowest BCUT2D eigenvalue weighted by Crippen LogP contribution is -1.81. The van der Waals surface area contributed by atoms with Gasteiger partial charge in [0.25, 0.3) is 0 Å². The maximum absolute atomic E-state index is 9.10. The van der Waals surface area contributed by atoms with E-state index in [1.165, 1.54) is 48.8 Å². The third kappa shape index (κ3) is 2.87. The fraction of sp³-hybridized carbons (Fsp3) is 0.368. The van der Waals surface area contributed by atoms with E-state index in [0.29, 0.717) is 5.75 Å². The van der Waals surface area contributed by atoms with Gasteiger partial charge in [-0.25, -0.2) is 0 Å². The number of hydrogen-bond acceptors (Lipinski definition) is 1. The van der Waals surface area contributed by atoms with Gasteiger partial charge in [0.1, 0.15) is 5.75 Å². The maximum atomic E-state index is 9.10. The number of fused-ring (bicyclic) bond motifs is 2. The van der Waals surface area contributed by atoms with Crippen LogP contribution in [0.25, 0.3) is 0 Å². The minimum absolute atomic E-state index is 0.403. The van der Waals surface area contributed by atoms with E-state index in [1.807, 2.05) is 12.1 Å². The molecule has 4 rings (SSSR count). The minimum Gasteiger partial charge on any atom is -0.508 e. The molecule has 0 saturated carbocycles. The zero-order chi connectivity index (χ0) is 13.9. The highest BCUT2D eigenvalue weighted by molar-refractivity contribution is 5.37. The molecule has 2 aliphatic rings. The van der Waals surface area contributed by atoms with Crippen molar-refractivity contribution in [2.45, 2.75) is 45.4 Å². The van der Waals surface area contributed by atoms with Crippen LogP contribution in [-0.2, 0) is 25.7 Å². The fourth-order valence-electron chi connectivity index (χ4n) is 3.26. The Morgan fingerprint density at radius 3 is 1.95 bits per heavy atom. The van der Waals surface area contributed by atoms with Crippen LogP contribution in [0.15, 0.2) is 36.4 Å². The predicted molar refractivity (Wildman–Crippen MR) is 83.3 cm³/mol. The Bertz CT molecular complexity index is 558. The molecule has 0 aromatic heterocycles. The summed E-state index contributed by atoms with van der Waals surface area (Å²) in [6.45, 7) is 2.17. The summed E-state index contributed by atoms with van der Waals surface area (Å²) in [4.78, 5) is 0. The Kier molecular flexibility index (Phi) is 3.77.